The minimum Gasteiger partial charge on any atom is -0.495 e. The Bertz CT molecular complexity index is 768. The lowest BCUT2D eigenvalue weighted by atomic mass is 10.1. The van der Waals surface area contributed by atoms with Crippen LogP contribution in [0, 0.1) is 6.92 Å². The van der Waals surface area contributed by atoms with Crippen molar-refractivity contribution in [3.05, 3.63) is 57.0 Å². The number of methoxy groups -OCH3 is 1. The van der Waals surface area contributed by atoms with Crippen molar-refractivity contribution < 1.29 is 9.53 Å². The molecule has 120 valence electrons. The molecule has 0 aliphatic rings. The van der Waals surface area contributed by atoms with Crippen molar-refractivity contribution in [1.29, 1.82) is 0 Å². The molecule has 1 amide bonds. The van der Waals surface area contributed by atoms with Crippen molar-refractivity contribution in [2.24, 2.45) is 0 Å². The predicted octanol–water partition coefficient (Wildman–Crippen LogP) is 4.55. The molecule has 0 radical (unpaired) electrons. The lowest BCUT2D eigenvalue weighted by Gasteiger charge is -2.11. The molecule has 0 unspecified atom stereocenters. The van der Waals surface area contributed by atoms with Crippen LogP contribution in [0.25, 0.3) is 0 Å². The molecule has 0 heterocycles. The number of benzene rings is 2. The van der Waals surface area contributed by atoms with Gasteiger partial charge in [0, 0.05) is 15.7 Å². The summed E-state index contributed by atoms with van der Waals surface area (Å²) in [6, 6.07) is 10.5. The van der Waals surface area contributed by atoms with Crippen LogP contribution in [-0.4, -0.2) is 18.1 Å². The molecule has 2 aromatic rings. The van der Waals surface area contributed by atoms with Crippen molar-refractivity contribution in [3.63, 3.8) is 0 Å². The van der Waals surface area contributed by atoms with Gasteiger partial charge in [-0.15, -0.1) is 0 Å². The molecule has 2 rings (SSSR count). The van der Waals surface area contributed by atoms with Gasteiger partial charge in [0.1, 0.15) is 5.75 Å². The van der Waals surface area contributed by atoms with E-state index in [1.165, 1.54) is 0 Å². The number of thiocarbonyl (C=S) groups is 1. The zero-order chi connectivity index (χ0) is 17.0. The molecule has 2 aromatic carbocycles. The largest absolute Gasteiger partial charge is 0.495 e. The first-order valence-corrected chi connectivity index (χ1v) is 8.20. The van der Waals surface area contributed by atoms with Crippen LogP contribution in [0.2, 0.25) is 5.02 Å². The standard InChI is InChI=1S/C16H14BrClN2O2S/c1-9-3-4-10(7-12(9)17)15(21)20-16(23)19-11-5-6-14(22-2)13(18)8-11/h3-8H,1-2H3,(H2,19,20,21,23). The molecule has 0 spiro atoms. The SMILES string of the molecule is COc1ccc(NC(=S)NC(=O)c2ccc(C)c(Br)c2)cc1Cl. The second-order valence-corrected chi connectivity index (χ2v) is 6.39. The van der Waals surface area contributed by atoms with Crippen LogP contribution in [-0.2, 0) is 0 Å². The van der Waals surface area contributed by atoms with E-state index in [-0.39, 0.29) is 11.0 Å². The first kappa shape index (κ1) is 17.7. The molecule has 0 bridgehead atoms. The Morgan fingerprint density at radius 2 is 2.00 bits per heavy atom. The van der Waals surface area contributed by atoms with Gasteiger partial charge in [0.05, 0.1) is 12.1 Å². The monoisotopic (exact) mass is 412 g/mol. The maximum atomic E-state index is 12.2. The van der Waals surface area contributed by atoms with Gasteiger partial charge in [0.2, 0.25) is 0 Å². The third-order valence-corrected chi connectivity index (χ3v) is 4.42. The summed E-state index contributed by atoms with van der Waals surface area (Å²) in [6.45, 7) is 1.95. The lowest BCUT2D eigenvalue weighted by Crippen LogP contribution is -2.34. The van der Waals surface area contributed by atoms with Gasteiger partial charge in [-0.05, 0) is 55.0 Å². The number of aryl methyl sites for hydroxylation is 1. The maximum Gasteiger partial charge on any atom is 0.257 e. The minimum atomic E-state index is -0.289. The number of nitrogens with one attached hydrogen (secondary N) is 2. The highest BCUT2D eigenvalue weighted by molar-refractivity contribution is 9.10. The van der Waals surface area contributed by atoms with Crippen molar-refractivity contribution >= 4 is 56.5 Å². The zero-order valence-corrected chi connectivity index (χ0v) is 15.6. The Morgan fingerprint density at radius 3 is 2.61 bits per heavy atom. The van der Waals surface area contributed by atoms with E-state index in [2.05, 4.69) is 26.6 Å². The Kier molecular flexibility index (Phi) is 5.98. The van der Waals surface area contributed by atoms with Gasteiger partial charge in [-0.3, -0.25) is 10.1 Å². The zero-order valence-electron chi connectivity index (χ0n) is 12.4. The molecule has 23 heavy (non-hydrogen) atoms. The van der Waals surface area contributed by atoms with E-state index in [4.69, 9.17) is 28.6 Å². The van der Waals surface area contributed by atoms with Crippen molar-refractivity contribution in [2.45, 2.75) is 6.92 Å². The molecular weight excluding hydrogens is 400 g/mol. The third-order valence-electron chi connectivity index (χ3n) is 3.07. The number of anilines is 1. The molecule has 4 nitrogen and oxygen atoms in total. The molecule has 0 saturated heterocycles. The number of hydrogen-bond acceptors (Lipinski definition) is 3. The number of carbonyl (C=O) groups is 1. The number of hydrogen-bond donors (Lipinski definition) is 2. The van der Waals surface area contributed by atoms with Gasteiger partial charge in [-0.1, -0.05) is 33.6 Å². The Hall–Kier alpha value is -1.63. The first-order chi connectivity index (χ1) is 10.9. The van der Waals surface area contributed by atoms with Gasteiger partial charge in [0.15, 0.2) is 5.11 Å². The van der Waals surface area contributed by atoms with E-state index >= 15 is 0 Å². The van der Waals surface area contributed by atoms with E-state index < -0.39 is 0 Å². The highest BCUT2D eigenvalue weighted by Crippen LogP contribution is 2.27. The summed E-state index contributed by atoms with van der Waals surface area (Å²) >= 11 is 14.6. The summed E-state index contributed by atoms with van der Waals surface area (Å²) in [5, 5.41) is 6.17. The molecule has 7 heteroatoms. The molecule has 0 saturated carbocycles. The molecule has 2 N–H and O–H groups in total. The van der Waals surface area contributed by atoms with Crippen molar-refractivity contribution in [1.82, 2.24) is 5.32 Å². The molecule has 0 atom stereocenters. The lowest BCUT2D eigenvalue weighted by molar-refractivity contribution is 0.0977. The molecule has 0 aromatic heterocycles. The fourth-order valence-corrected chi connectivity index (χ4v) is 2.66. The van der Waals surface area contributed by atoms with Gasteiger partial charge in [-0.25, -0.2) is 0 Å². The highest BCUT2D eigenvalue weighted by atomic mass is 79.9. The predicted molar refractivity (Wildman–Crippen MR) is 101 cm³/mol. The Labute approximate surface area is 153 Å². The third kappa shape index (κ3) is 4.67. The maximum absolute atomic E-state index is 12.2. The summed E-state index contributed by atoms with van der Waals surface area (Å²) in [5.41, 5.74) is 2.22. The Balaban J connectivity index is 2.02. The van der Waals surface area contributed by atoms with Crippen molar-refractivity contribution in [3.8, 4) is 5.75 Å². The number of carbonyl (C=O) groups excluding carboxylic acids is 1. The van der Waals surface area contributed by atoms with Gasteiger partial charge in [-0.2, -0.15) is 0 Å². The first-order valence-electron chi connectivity index (χ1n) is 6.62. The summed E-state index contributed by atoms with van der Waals surface area (Å²) in [4.78, 5) is 12.2. The second-order valence-electron chi connectivity index (χ2n) is 4.72. The minimum absolute atomic E-state index is 0.188. The average molecular weight is 414 g/mol. The quantitative estimate of drug-likeness (QED) is 0.725. The van der Waals surface area contributed by atoms with Gasteiger partial charge in [0.25, 0.3) is 5.91 Å². The number of amides is 1. The van der Waals surface area contributed by atoms with E-state index in [1.54, 1.807) is 37.4 Å². The number of halogens is 2. The number of rotatable bonds is 3. The van der Waals surface area contributed by atoms with Crippen LogP contribution in [0.15, 0.2) is 40.9 Å². The normalized spacial score (nSPS) is 10.1. The topological polar surface area (TPSA) is 50.4 Å². The Morgan fingerprint density at radius 1 is 1.26 bits per heavy atom. The molecule has 0 aliphatic carbocycles. The van der Waals surface area contributed by atoms with E-state index in [0.717, 1.165) is 10.0 Å². The van der Waals surface area contributed by atoms with Crippen LogP contribution in [0.5, 0.6) is 5.75 Å². The van der Waals surface area contributed by atoms with Crippen LogP contribution >= 0.6 is 39.7 Å². The van der Waals surface area contributed by atoms with Gasteiger partial charge >= 0.3 is 0 Å². The second kappa shape index (κ2) is 7.77. The van der Waals surface area contributed by atoms with Crippen LogP contribution in [0.4, 0.5) is 5.69 Å². The van der Waals surface area contributed by atoms with Crippen LogP contribution < -0.4 is 15.4 Å². The summed E-state index contributed by atoms with van der Waals surface area (Å²) in [5.74, 6) is 0.277. The van der Waals surface area contributed by atoms with Crippen molar-refractivity contribution in [2.75, 3.05) is 12.4 Å². The summed E-state index contributed by atoms with van der Waals surface area (Å²) < 4.78 is 5.95. The molecular formula is C16H14BrClN2O2S. The fraction of sp³-hybridized carbons (Fsp3) is 0.125. The smallest absolute Gasteiger partial charge is 0.257 e. The average Bonchev–Trinajstić information content (AvgIpc) is 2.50. The molecule has 0 fully saturated rings. The van der Waals surface area contributed by atoms with E-state index in [1.807, 2.05) is 13.0 Å². The summed E-state index contributed by atoms with van der Waals surface area (Å²) in [6.07, 6.45) is 0. The van der Waals surface area contributed by atoms with E-state index in [9.17, 15) is 4.79 Å². The fourth-order valence-electron chi connectivity index (χ4n) is 1.82. The van der Waals surface area contributed by atoms with E-state index in [0.29, 0.717) is 22.0 Å². The highest BCUT2D eigenvalue weighted by Gasteiger charge is 2.10. The van der Waals surface area contributed by atoms with Crippen LogP contribution in [0.3, 0.4) is 0 Å². The molecule has 0 aliphatic heterocycles. The summed E-state index contributed by atoms with van der Waals surface area (Å²) in [7, 11) is 1.54. The van der Waals surface area contributed by atoms with Gasteiger partial charge < -0.3 is 10.1 Å². The van der Waals surface area contributed by atoms with Crippen LogP contribution in [0.1, 0.15) is 15.9 Å². The number of ether oxygens (including phenoxy) is 1.